The van der Waals surface area contributed by atoms with Crippen LogP contribution in [0.2, 0.25) is 5.02 Å². The Morgan fingerprint density at radius 3 is 2.41 bits per heavy atom. The molecule has 5 rings (SSSR count). The van der Waals surface area contributed by atoms with Crippen LogP contribution in [-0.4, -0.2) is 93.0 Å². The lowest BCUT2D eigenvalue weighted by Gasteiger charge is -2.36. The normalized spacial score (nSPS) is 17.3. The van der Waals surface area contributed by atoms with E-state index in [2.05, 4.69) is 15.3 Å². The summed E-state index contributed by atoms with van der Waals surface area (Å²) in [5.41, 5.74) is 1.41. The third-order valence-electron chi connectivity index (χ3n) is 6.90. The summed E-state index contributed by atoms with van der Waals surface area (Å²) in [5, 5.41) is 7.52. The number of nitrogens with one attached hydrogen (secondary N) is 1. The lowest BCUT2D eigenvalue weighted by Crippen LogP contribution is -2.49. The second-order valence-corrected chi connectivity index (χ2v) is 11.7. The topological polar surface area (TPSA) is 100 Å². The second kappa shape index (κ2) is 12.0. The summed E-state index contributed by atoms with van der Waals surface area (Å²) in [6.45, 7) is 5.45. The van der Waals surface area contributed by atoms with Gasteiger partial charge in [-0.3, -0.25) is 9.69 Å². The Hall–Kier alpha value is -3.03. The van der Waals surface area contributed by atoms with Crippen molar-refractivity contribution in [3.8, 4) is 5.69 Å². The maximum atomic E-state index is 13.6. The van der Waals surface area contributed by atoms with Crippen LogP contribution in [0.5, 0.6) is 0 Å². The molecule has 0 radical (unpaired) electrons. The van der Waals surface area contributed by atoms with Gasteiger partial charge in [0.25, 0.3) is 5.56 Å². The number of benzene rings is 2. The van der Waals surface area contributed by atoms with Crippen LogP contribution in [0.15, 0.2) is 64.4 Å². The summed E-state index contributed by atoms with van der Waals surface area (Å²) < 4.78 is 48.0. The number of sulfonamides is 1. The molecule has 0 atom stereocenters. The molecular weight excluding hydrogens is 547 g/mol. The fraction of sp³-hybridized carbons (Fsp3) is 0.385. The van der Waals surface area contributed by atoms with Gasteiger partial charge in [0.1, 0.15) is 11.5 Å². The van der Waals surface area contributed by atoms with Crippen LogP contribution in [0.4, 0.5) is 15.8 Å². The number of piperazine rings is 1. The lowest BCUT2D eigenvalue weighted by molar-refractivity contribution is 0.0398. The van der Waals surface area contributed by atoms with E-state index in [1.807, 2.05) is 35.2 Å². The molecule has 10 nitrogen and oxygen atoms in total. The molecule has 3 heterocycles. The number of nitrogens with zero attached hydrogens (tertiary/aromatic N) is 5. The number of ether oxygens (including phenoxy) is 1. The summed E-state index contributed by atoms with van der Waals surface area (Å²) in [6.07, 6.45) is 1.65. The number of rotatable bonds is 8. The summed E-state index contributed by atoms with van der Waals surface area (Å²) in [4.78, 5) is 17.8. The zero-order valence-corrected chi connectivity index (χ0v) is 22.9. The fourth-order valence-electron chi connectivity index (χ4n) is 4.72. The summed E-state index contributed by atoms with van der Waals surface area (Å²) in [6, 6.07) is 12.6. The van der Waals surface area contributed by atoms with Crippen molar-refractivity contribution in [1.82, 2.24) is 19.0 Å². The minimum absolute atomic E-state index is 0.0556. The van der Waals surface area contributed by atoms with Crippen molar-refractivity contribution in [3.05, 3.63) is 75.9 Å². The van der Waals surface area contributed by atoms with Crippen LogP contribution in [-0.2, 0) is 14.8 Å². The molecule has 2 aromatic carbocycles. The number of anilines is 2. The van der Waals surface area contributed by atoms with E-state index in [9.17, 15) is 17.6 Å². The van der Waals surface area contributed by atoms with Crippen molar-refractivity contribution in [1.29, 1.82) is 0 Å². The number of para-hydroxylation sites is 1. The Bertz CT molecular complexity index is 1460. The van der Waals surface area contributed by atoms with E-state index in [1.165, 1.54) is 15.1 Å². The standard InChI is InChI=1S/C26H30ClFN6O4S/c27-22-18-21(6-7-23(22)28)39(36,37)33-12-10-32(11-13-33)24-19-30-34(20-4-2-1-3-5-20)26(35)25(24)29-8-9-31-14-16-38-17-15-31/h1-7,18-19,29H,8-17H2. The molecule has 0 bridgehead atoms. The Morgan fingerprint density at radius 1 is 1.00 bits per heavy atom. The first kappa shape index (κ1) is 27.5. The molecule has 1 N–H and O–H groups in total. The highest BCUT2D eigenvalue weighted by atomic mass is 35.5. The highest BCUT2D eigenvalue weighted by Crippen LogP contribution is 2.27. The van der Waals surface area contributed by atoms with Gasteiger partial charge in [-0.15, -0.1) is 0 Å². The van der Waals surface area contributed by atoms with Gasteiger partial charge < -0.3 is 15.0 Å². The average Bonchev–Trinajstić information content (AvgIpc) is 2.96. The Morgan fingerprint density at radius 2 is 1.72 bits per heavy atom. The van der Waals surface area contributed by atoms with Gasteiger partial charge >= 0.3 is 0 Å². The molecule has 0 spiro atoms. The monoisotopic (exact) mass is 576 g/mol. The summed E-state index contributed by atoms with van der Waals surface area (Å²) in [5.74, 6) is -0.674. The molecule has 208 valence electrons. The molecule has 2 fully saturated rings. The van der Waals surface area contributed by atoms with E-state index < -0.39 is 15.8 Å². The van der Waals surface area contributed by atoms with Crippen molar-refractivity contribution in [2.24, 2.45) is 0 Å². The molecule has 0 aliphatic carbocycles. The van der Waals surface area contributed by atoms with Crippen LogP contribution in [0.3, 0.4) is 0 Å². The molecule has 2 aliphatic rings. The molecule has 2 aliphatic heterocycles. The van der Waals surface area contributed by atoms with E-state index in [-0.39, 0.29) is 28.6 Å². The number of aromatic nitrogens is 2. The van der Waals surface area contributed by atoms with Crippen LogP contribution < -0.4 is 15.8 Å². The molecule has 39 heavy (non-hydrogen) atoms. The minimum atomic E-state index is -3.85. The van der Waals surface area contributed by atoms with E-state index in [1.54, 1.807) is 6.20 Å². The van der Waals surface area contributed by atoms with Crippen molar-refractivity contribution in [3.63, 3.8) is 0 Å². The first-order chi connectivity index (χ1) is 18.8. The van der Waals surface area contributed by atoms with Crippen molar-refractivity contribution in [2.75, 3.05) is 75.8 Å². The first-order valence-corrected chi connectivity index (χ1v) is 14.6. The first-order valence-electron chi connectivity index (χ1n) is 12.8. The molecule has 0 amide bonds. The molecule has 1 aromatic heterocycles. The molecule has 0 unspecified atom stereocenters. The predicted octanol–water partition coefficient (Wildman–Crippen LogP) is 2.28. The molecule has 3 aromatic rings. The number of hydrogen-bond donors (Lipinski definition) is 1. The van der Waals surface area contributed by atoms with Crippen LogP contribution in [0, 0.1) is 5.82 Å². The van der Waals surface area contributed by atoms with Gasteiger partial charge in [-0.25, -0.2) is 12.8 Å². The third-order valence-corrected chi connectivity index (χ3v) is 9.08. The minimum Gasteiger partial charge on any atom is -0.379 e. The van der Waals surface area contributed by atoms with Gasteiger partial charge in [-0.1, -0.05) is 29.8 Å². The van der Waals surface area contributed by atoms with Crippen LogP contribution >= 0.6 is 11.6 Å². The van der Waals surface area contributed by atoms with Crippen LogP contribution in [0.25, 0.3) is 5.69 Å². The number of morpholine rings is 1. The van der Waals surface area contributed by atoms with Gasteiger partial charge in [-0.2, -0.15) is 14.1 Å². The quantitative estimate of drug-likeness (QED) is 0.436. The van der Waals surface area contributed by atoms with E-state index in [0.29, 0.717) is 49.9 Å². The number of halogens is 2. The SMILES string of the molecule is O=c1c(NCCN2CCOCC2)c(N2CCN(S(=O)(=O)c3ccc(F)c(Cl)c3)CC2)cnn1-c1ccccc1. The molecule has 0 saturated carbocycles. The van der Waals surface area contributed by atoms with E-state index >= 15 is 0 Å². The van der Waals surface area contributed by atoms with Gasteiger partial charge in [0, 0.05) is 52.4 Å². The average molecular weight is 577 g/mol. The zero-order chi connectivity index (χ0) is 27.4. The van der Waals surface area contributed by atoms with Gasteiger partial charge in [0.2, 0.25) is 10.0 Å². The van der Waals surface area contributed by atoms with Crippen molar-refractivity contribution in [2.45, 2.75) is 4.90 Å². The van der Waals surface area contributed by atoms with Crippen molar-refractivity contribution < 1.29 is 17.5 Å². The van der Waals surface area contributed by atoms with Gasteiger partial charge in [-0.05, 0) is 30.3 Å². The fourth-order valence-corrected chi connectivity index (χ4v) is 6.42. The van der Waals surface area contributed by atoms with Gasteiger partial charge in [0.05, 0.1) is 40.7 Å². The molecular formula is C26H30ClFN6O4S. The Kier molecular flexibility index (Phi) is 8.48. The Balaban J connectivity index is 1.36. The highest BCUT2D eigenvalue weighted by Gasteiger charge is 2.30. The number of hydrogen-bond acceptors (Lipinski definition) is 8. The molecule has 13 heteroatoms. The Labute approximate surface area is 231 Å². The smallest absolute Gasteiger partial charge is 0.296 e. The third kappa shape index (κ3) is 6.10. The second-order valence-electron chi connectivity index (χ2n) is 9.31. The zero-order valence-electron chi connectivity index (χ0n) is 21.3. The molecule has 2 saturated heterocycles. The predicted molar refractivity (Wildman–Crippen MR) is 148 cm³/mol. The largest absolute Gasteiger partial charge is 0.379 e. The summed E-state index contributed by atoms with van der Waals surface area (Å²) in [7, 11) is -3.85. The maximum Gasteiger partial charge on any atom is 0.296 e. The highest BCUT2D eigenvalue weighted by molar-refractivity contribution is 7.89. The lowest BCUT2D eigenvalue weighted by atomic mass is 10.2. The summed E-state index contributed by atoms with van der Waals surface area (Å²) >= 11 is 5.82. The van der Waals surface area contributed by atoms with E-state index in [4.69, 9.17) is 16.3 Å². The van der Waals surface area contributed by atoms with Crippen LogP contribution in [0.1, 0.15) is 0 Å². The van der Waals surface area contributed by atoms with Crippen molar-refractivity contribution >= 4 is 33.0 Å². The van der Waals surface area contributed by atoms with E-state index in [0.717, 1.165) is 31.8 Å². The maximum absolute atomic E-state index is 13.6. The van der Waals surface area contributed by atoms with Gasteiger partial charge in [0.15, 0.2) is 0 Å².